The molecule has 3 aliphatic rings. The van der Waals surface area contributed by atoms with Gasteiger partial charge in [0.05, 0.1) is 11.8 Å². The van der Waals surface area contributed by atoms with Gasteiger partial charge in [-0.15, -0.1) is 0 Å². The predicted molar refractivity (Wildman–Crippen MR) is 126 cm³/mol. The molecule has 1 aromatic carbocycles. The first kappa shape index (κ1) is 22.5. The number of aliphatic imine (C=N–C) groups is 1. The van der Waals surface area contributed by atoms with Gasteiger partial charge in [0.15, 0.2) is 5.96 Å². The van der Waals surface area contributed by atoms with Crippen molar-refractivity contribution >= 4 is 17.8 Å². The molecule has 2 N–H and O–H groups in total. The molecule has 172 valence electrons. The van der Waals surface area contributed by atoms with E-state index in [1.807, 2.05) is 6.07 Å². The maximum absolute atomic E-state index is 12.8. The summed E-state index contributed by atoms with van der Waals surface area (Å²) in [6, 6.07) is 10.8. The van der Waals surface area contributed by atoms with Gasteiger partial charge in [-0.05, 0) is 50.8 Å². The fraction of sp³-hybridized carbons (Fsp3) is 0.560. The van der Waals surface area contributed by atoms with Gasteiger partial charge in [0.1, 0.15) is 0 Å². The Hall–Kier alpha value is -2.67. The largest absolute Gasteiger partial charge is 0.356 e. The van der Waals surface area contributed by atoms with Crippen LogP contribution in [0, 0.1) is 23.7 Å². The third-order valence-electron chi connectivity index (χ3n) is 7.19. The number of amides is 2. The summed E-state index contributed by atoms with van der Waals surface area (Å²) < 4.78 is 0. The van der Waals surface area contributed by atoms with E-state index in [0.717, 1.165) is 25.3 Å². The summed E-state index contributed by atoms with van der Waals surface area (Å²) in [6.45, 7) is 1.90. The molecule has 2 bridgehead atoms. The van der Waals surface area contributed by atoms with E-state index in [2.05, 4.69) is 71.0 Å². The number of nitrogens with one attached hydrogen (secondary N) is 2. The SMILES string of the molecule is CN=C(NCCCN1C(=O)C2C3C=CC(C3)C2C1=O)NCC(Cc1ccccc1)N(C)C. The predicted octanol–water partition coefficient (Wildman–Crippen LogP) is 1.52. The summed E-state index contributed by atoms with van der Waals surface area (Å²) in [5.41, 5.74) is 1.31. The van der Waals surface area contributed by atoms with Gasteiger partial charge in [-0.25, -0.2) is 0 Å². The highest BCUT2D eigenvalue weighted by Crippen LogP contribution is 2.52. The molecule has 2 aliphatic carbocycles. The zero-order chi connectivity index (χ0) is 22.7. The van der Waals surface area contributed by atoms with Gasteiger partial charge in [-0.3, -0.25) is 19.5 Å². The normalized spacial score (nSPS) is 27.4. The van der Waals surface area contributed by atoms with Crippen molar-refractivity contribution < 1.29 is 9.59 Å². The molecule has 32 heavy (non-hydrogen) atoms. The molecule has 0 radical (unpaired) electrons. The van der Waals surface area contributed by atoms with Crippen molar-refractivity contribution in [1.29, 1.82) is 0 Å². The molecule has 1 saturated heterocycles. The Labute approximate surface area is 190 Å². The van der Waals surface area contributed by atoms with Crippen LogP contribution >= 0.6 is 0 Å². The number of likely N-dealkylation sites (tertiary alicyclic amines) is 1. The van der Waals surface area contributed by atoms with Crippen molar-refractivity contribution in [3.8, 4) is 0 Å². The van der Waals surface area contributed by atoms with E-state index >= 15 is 0 Å². The fourth-order valence-electron chi connectivity index (χ4n) is 5.39. The van der Waals surface area contributed by atoms with Crippen LogP contribution in [0.4, 0.5) is 0 Å². The van der Waals surface area contributed by atoms with Crippen LogP contribution in [0.25, 0.3) is 0 Å². The van der Waals surface area contributed by atoms with Crippen LogP contribution in [0.2, 0.25) is 0 Å². The number of fused-ring (bicyclic) bond motifs is 5. The summed E-state index contributed by atoms with van der Waals surface area (Å²) in [4.78, 5) is 33.6. The van der Waals surface area contributed by atoms with Crippen LogP contribution in [0.5, 0.6) is 0 Å². The second kappa shape index (κ2) is 9.86. The van der Waals surface area contributed by atoms with E-state index in [1.54, 1.807) is 7.05 Å². The summed E-state index contributed by atoms with van der Waals surface area (Å²) >= 11 is 0. The second-order valence-electron chi connectivity index (χ2n) is 9.37. The molecule has 5 unspecified atom stereocenters. The zero-order valence-electron chi connectivity index (χ0n) is 19.3. The standard InChI is InChI=1S/C25H35N5O2/c1-26-25(28-16-20(29(2)3)14-17-8-5-4-6-9-17)27-12-7-13-30-23(31)21-18-10-11-19(15-18)22(21)24(30)32/h4-6,8-11,18-22H,7,12-16H2,1-3H3,(H2,26,27,28). The van der Waals surface area contributed by atoms with Gasteiger partial charge in [0.25, 0.3) is 0 Å². The average Bonchev–Trinajstić information content (AvgIpc) is 3.47. The maximum atomic E-state index is 12.8. The average molecular weight is 438 g/mol. The molecular weight excluding hydrogens is 402 g/mol. The number of allylic oxidation sites excluding steroid dienone is 2. The van der Waals surface area contributed by atoms with Crippen LogP contribution in [0.3, 0.4) is 0 Å². The Balaban J connectivity index is 1.20. The van der Waals surface area contributed by atoms with Crippen LogP contribution in [0.15, 0.2) is 47.5 Å². The number of carbonyl (C=O) groups excluding carboxylic acids is 2. The Morgan fingerprint density at radius 3 is 2.34 bits per heavy atom. The van der Waals surface area contributed by atoms with Crippen molar-refractivity contribution in [1.82, 2.24) is 20.4 Å². The topological polar surface area (TPSA) is 77.0 Å². The van der Waals surface area contributed by atoms with Gasteiger partial charge < -0.3 is 15.5 Å². The van der Waals surface area contributed by atoms with Gasteiger partial charge >= 0.3 is 0 Å². The fourth-order valence-corrected chi connectivity index (χ4v) is 5.39. The molecular formula is C25H35N5O2. The van der Waals surface area contributed by atoms with Crippen molar-refractivity contribution in [2.75, 3.05) is 40.8 Å². The second-order valence-corrected chi connectivity index (χ2v) is 9.37. The lowest BCUT2D eigenvalue weighted by Gasteiger charge is -2.26. The lowest BCUT2D eigenvalue weighted by molar-refractivity contribution is -0.140. The molecule has 0 spiro atoms. The number of benzene rings is 1. The van der Waals surface area contributed by atoms with Crippen LogP contribution in [0.1, 0.15) is 18.4 Å². The Morgan fingerprint density at radius 2 is 1.75 bits per heavy atom. The zero-order valence-corrected chi connectivity index (χ0v) is 19.3. The molecule has 0 aromatic heterocycles. The van der Waals surface area contributed by atoms with Gasteiger partial charge in [0.2, 0.25) is 11.8 Å². The van der Waals surface area contributed by atoms with Gasteiger partial charge in [-0.1, -0.05) is 42.5 Å². The number of hydrogen-bond donors (Lipinski definition) is 2. The molecule has 7 heteroatoms. The molecule has 2 amide bonds. The van der Waals surface area contributed by atoms with Crippen molar-refractivity contribution in [2.45, 2.75) is 25.3 Å². The highest BCUT2D eigenvalue weighted by Gasteiger charge is 2.58. The summed E-state index contributed by atoms with van der Waals surface area (Å²) in [5, 5.41) is 6.73. The van der Waals surface area contributed by atoms with E-state index in [4.69, 9.17) is 0 Å². The van der Waals surface area contributed by atoms with E-state index in [9.17, 15) is 9.59 Å². The number of carbonyl (C=O) groups is 2. The first-order valence-corrected chi connectivity index (χ1v) is 11.7. The van der Waals surface area contributed by atoms with E-state index in [-0.39, 0.29) is 35.5 Å². The van der Waals surface area contributed by atoms with Crippen molar-refractivity contribution in [3.05, 3.63) is 48.0 Å². The molecule has 1 aromatic rings. The smallest absolute Gasteiger partial charge is 0.233 e. The maximum Gasteiger partial charge on any atom is 0.233 e. The Bertz CT molecular complexity index is 852. The van der Waals surface area contributed by atoms with Crippen molar-refractivity contribution in [2.24, 2.45) is 28.7 Å². The monoisotopic (exact) mass is 437 g/mol. The first-order chi connectivity index (χ1) is 15.5. The van der Waals surface area contributed by atoms with Crippen LogP contribution in [-0.4, -0.2) is 74.4 Å². The lowest BCUT2D eigenvalue weighted by atomic mass is 9.85. The molecule has 1 saturated carbocycles. The molecule has 1 heterocycles. The number of likely N-dealkylation sites (N-methyl/N-ethyl adjacent to an activating group) is 1. The minimum atomic E-state index is -0.104. The number of nitrogens with zero attached hydrogens (tertiary/aromatic N) is 3. The number of guanidine groups is 1. The third kappa shape index (κ3) is 4.58. The molecule has 7 nitrogen and oxygen atoms in total. The highest BCUT2D eigenvalue weighted by molar-refractivity contribution is 6.06. The number of hydrogen-bond acceptors (Lipinski definition) is 4. The van der Waals surface area contributed by atoms with Crippen LogP contribution < -0.4 is 10.6 Å². The van der Waals surface area contributed by atoms with E-state index < -0.39 is 0 Å². The molecule has 1 aliphatic heterocycles. The number of rotatable bonds is 9. The quantitative estimate of drug-likeness (QED) is 0.201. The summed E-state index contributed by atoms with van der Waals surface area (Å²) in [6.07, 6.45) is 6.91. The minimum Gasteiger partial charge on any atom is -0.356 e. The summed E-state index contributed by atoms with van der Waals surface area (Å²) in [7, 11) is 5.94. The Morgan fingerprint density at radius 1 is 1.09 bits per heavy atom. The van der Waals surface area contributed by atoms with Crippen molar-refractivity contribution in [3.63, 3.8) is 0 Å². The molecule has 5 atom stereocenters. The Kier molecular flexibility index (Phi) is 6.94. The highest BCUT2D eigenvalue weighted by atomic mass is 16.2. The minimum absolute atomic E-state index is 0.0362. The van der Waals surface area contributed by atoms with E-state index in [1.165, 1.54) is 10.5 Å². The van der Waals surface area contributed by atoms with Gasteiger partial charge in [-0.2, -0.15) is 0 Å². The molecule has 4 rings (SSSR count). The van der Waals surface area contributed by atoms with Gasteiger partial charge in [0, 0.05) is 32.7 Å². The third-order valence-corrected chi connectivity index (χ3v) is 7.19. The molecule has 2 fully saturated rings. The van der Waals surface area contributed by atoms with E-state index in [0.29, 0.717) is 25.6 Å². The lowest BCUT2D eigenvalue weighted by Crippen LogP contribution is -2.46. The number of imide groups is 1. The van der Waals surface area contributed by atoms with Crippen LogP contribution in [-0.2, 0) is 16.0 Å². The first-order valence-electron chi connectivity index (χ1n) is 11.7. The summed E-state index contributed by atoms with van der Waals surface area (Å²) in [5.74, 6) is 1.15.